The quantitative estimate of drug-likeness (QED) is 0.758. The molecule has 1 aliphatic heterocycles. The van der Waals surface area contributed by atoms with E-state index >= 15 is 0 Å². The SMILES string of the molecule is O=C([C@H]1CC12CCC2)N1CCN(CCCCO)CC1. The summed E-state index contributed by atoms with van der Waals surface area (Å²) in [5, 5.41) is 8.79. The minimum Gasteiger partial charge on any atom is -0.396 e. The molecule has 0 radical (unpaired) electrons. The summed E-state index contributed by atoms with van der Waals surface area (Å²) in [7, 11) is 0. The number of nitrogens with zero attached hydrogens (tertiary/aromatic N) is 2. The van der Waals surface area contributed by atoms with E-state index in [4.69, 9.17) is 5.11 Å². The molecule has 1 heterocycles. The molecule has 0 unspecified atom stereocenters. The van der Waals surface area contributed by atoms with Gasteiger partial charge in [0.15, 0.2) is 0 Å². The molecule has 4 nitrogen and oxygen atoms in total. The number of rotatable bonds is 5. The van der Waals surface area contributed by atoms with Crippen LogP contribution in [-0.2, 0) is 4.79 Å². The summed E-state index contributed by atoms with van der Waals surface area (Å²) in [6, 6.07) is 0. The van der Waals surface area contributed by atoms with Crippen molar-refractivity contribution in [1.82, 2.24) is 9.80 Å². The molecule has 3 fully saturated rings. The highest BCUT2D eigenvalue weighted by Gasteiger charge is 2.61. The molecule has 0 aromatic heterocycles. The monoisotopic (exact) mass is 266 g/mol. The van der Waals surface area contributed by atoms with Gasteiger partial charge in [0.2, 0.25) is 5.91 Å². The lowest BCUT2D eigenvalue weighted by Crippen LogP contribution is -2.49. The lowest BCUT2D eigenvalue weighted by molar-refractivity contribution is -0.135. The fourth-order valence-electron chi connectivity index (χ4n) is 3.74. The predicted molar refractivity (Wildman–Crippen MR) is 73.7 cm³/mol. The number of aliphatic hydroxyl groups is 1. The molecule has 3 rings (SSSR count). The van der Waals surface area contributed by atoms with Crippen molar-refractivity contribution in [2.24, 2.45) is 11.3 Å². The number of aliphatic hydroxyl groups excluding tert-OH is 1. The molecule has 2 aliphatic carbocycles. The van der Waals surface area contributed by atoms with Gasteiger partial charge in [-0.2, -0.15) is 0 Å². The molecule has 1 amide bonds. The molecule has 19 heavy (non-hydrogen) atoms. The summed E-state index contributed by atoms with van der Waals surface area (Å²) in [6.45, 7) is 5.20. The Bertz CT molecular complexity index is 333. The normalized spacial score (nSPS) is 29.3. The van der Waals surface area contributed by atoms with E-state index in [0.717, 1.165) is 45.6 Å². The van der Waals surface area contributed by atoms with Gasteiger partial charge in [0.25, 0.3) is 0 Å². The van der Waals surface area contributed by atoms with Crippen molar-refractivity contribution in [3.63, 3.8) is 0 Å². The van der Waals surface area contributed by atoms with Crippen molar-refractivity contribution in [3.05, 3.63) is 0 Å². The van der Waals surface area contributed by atoms with Crippen LogP contribution in [0.15, 0.2) is 0 Å². The number of amides is 1. The lowest BCUT2D eigenvalue weighted by atomic mass is 9.79. The molecule has 1 atom stereocenters. The zero-order chi connectivity index (χ0) is 13.3. The number of carbonyl (C=O) groups is 1. The summed E-state index contributed by atoms with van der Waals surface area (Å²) >= 11 is 0. The molecule has 2 saturated carbocycles. The second-order valence-electron chi connectivity index (χ2n) is 6.57. The second-order valence-corrected chi connectivity index (χ2v) is 6.57. The van der Waals surface area contributed by atoms with Crippen LogP contribution >= 0.6 is 0 Å². The third-order valence-corrected chi connectivity index (χ3v) is 5.40. The average Bonchev–Trinajstić information content (AvgIpc) is 3.15. The largest absolute Gasteiger partial charge is 0.396 e. The number of hydrogen-bond donors (Lipinski definition) is 1. The fourth-order valence-corrected chi connectivity index (χ4v) is 3.74. The van der Waals surface area contributed by atoms with Crippen LogP contribution in [0.4, 0.5) is 0 Å². The van der Waals surface area contributed by atoms with E-state index in [2.05, 4.69) is 9.80 Å². The zero-order valence-corrected chi connectivity index (χ0v) is 11.8. The maximum Gasteiger partial charge on any atom is 0.226 e. The van der Waals surface area contributed by atoms with Crippen molar-refractivity contribution in [1.29, 1.82) is 0 Å². The zero-order valence-electron chi connectivity index (χ0n) is 11.8. The predicted octanol–water partition coefficient (Wildman–Crippen LogP) is 1.09. The molecule has 4 heteroatoms. The minimum atomic E-state index is 0.294. The highest BCUT2D eigenvalue weighted by molar-refractivity contribution is 5.83. The van der Waals surface area contributed by atoms with Crippen molar-refractivity contribution in [3.8, 4) is 0 Å². The van der Waals surface area contributed by atoms with E-state index in [1.165, 1.54) is 25.7 Å². The molecule has 1 N–H and O–H groups in total. The van der Waals surface area contributed by atoms with Gasteiger partial charge in [-0.25, -0.2) is 0 Å². The maximum absolute atomic E-state index is 12.4. The molecule has 1 saturated heterocycles. The van der Waals surface area contributed by atoms with Gasteiger partial charge in [0, 0.05) is 38.7 Å². The topological polar surface area (TPSA) is 43.8 Å². The third-order valence-electron chi connectivity index (χ3n) is 5.40. The minimum absolute atomic E-state index is 0.294. The van der Waals surface area contributed by atoms with Gasteiger partial charge in [0.1, 0.15) is 0 Å². The summed E-state index contributed by atoms with van der Waals surface area (Å²) < 4.78 is 0. The highest BCUT2D eigenvalue weighted by Crippen LogP contribution is 2.65. The van der Waals surface area contributed by atoms with E-state index in [0.29, 0.717) is 23.8 Å². The molecular weight excluding hydrogens is 240 g/mol. The number of piperazine rings is 1. The Hall–Kier alpha value is -0.610. The Morgan fingerprint density at radius 3 is 2.42 bits per heavy atom. The van der Waals surface area contributed by atoms with E-state index < -0.39 is 0 Å². The van der Waals surface area contributed by atoms with Gasteiger partial charge >= 0.3 is 0 Å². The third kappa shape index (κ3) is 2.65. The summed E-state index contributed by atoms with van der Waals surface area (Å²) in [6.07, 6.45) is 7.06. The smallest absolute Gasteiger partial charge is 0.226 e. The maximum atomic E-state index is 12.4. The van der Waals surface area contributed by atoms with Gasteiger partial charge in [-0.15, -0.1) is 0 Å². The van der Waals surface area contributed by atoms with Crippen molar-refractivity contribution in [2.45, 2.75) is 38.5 Å². The first-order valence-corrected chi connectivity index (χ1v) is 7.87. The number of unbranched alkanes of at least 4 members (excludes halogenated alkanes) is 1. The molecule has 0 bridgehead atoms. The first kappa shape index (κ1) is 13.4. The van der Waals surface area contributed by atoms with Crippen LogP contribution in [0, 0.1) is 11.3 Å². The Balaban J connectivity index is 1.39. The molecule has 0 aromatic rings. The van der Waals surface area contributed by atoms with Gasteiger partial charge in [-0.3, -0.25) is 9.69 Å². The van der Waals surface area contributed by atoms with Gasteiger partial charge in [-0.05, 0) is 44.1 Å². The second kappa shape index (κ2) is 5.41. The summed E-state index contributed by atoms with van der Waals surface area (Å²) in [4.78, 5) is 16.9. The van der Waals surface area contributed by atoms with Gasteiger partial charge in [-0.1, -0.05) is 6.42 Å². The average molecular weight is 266 g/mol. The Morgan fingerprint density at radius 2 is 1.89 bits per heavy atom. The molecule has 0 aromatic carbocycles. The lowest BCUT2D eigenvalue weighted by Gasteiger charge is -2.36. The summed E-state index contributed by atoms with van der Waals surface area (Å²) in [5.41, 5.74) is 0.468. The highest BCUT2D eigenvalue weighted by atomic mass is 16.2. The first-order valence-electron chi connectivity index (χ1n) is 7.87. The van der Waals surface area contributed by atoms with Crippen LogP contribution in [-0.4, -0.2) is 60.1 Å². The number of carbonyl (C=O) groups excluding carboxylic acids is 1. The Kier molecular flexibility index (Phi) is 3.81. The molecular formula is C15H26N2O2. The van der Waals surface area contributed by atoms with Crippen LogP contribution in [0.2, 0.25) is 0 Å². The van der Waals surface area contributed by atoms with Crippen LogP contribution in [0.1, 0.15) is 38.5 Å². The van der Waals surface area contributed by atoms with Crippen LogP contribution in [0.25, 0.3) is 0 Å². The Labute approximate surface area is 115 Å². The summed E-state index contributed by atoms with van der Waals surface area (Å²) in [5.74, 6) is 0.817. The van der Waals surface area contributed by atoms with Crippen molar-refractivity contribution in [2.75, 3.05) is 39.3 Å². The van der Waals surface area contributed by atoms with E-state index in [9.17, 15) is 4.79 Å². The standard InChI is InChI=1S/C15H26N2O2/c18-11-2-1-6-16-7-9-17(10-8-16)14(19)13-12-15(13)4-3-5-15/h13,18H,1-12H2/t13-/m1/s1. The molecule has 3 aliphatic rings. The first-order chi connectivity index (χ1) is 9.25. The molecule has 1 spiro atoms. The van der Waals surface area contributed by atoms with Gasteiger partial charge < -0.3 is 10.0 Å². The van der Waals surface area contributed by atoms with E-state index in [-0.39, 0.29) is 0 Å². The van der Waals surface area contributed by atoms with Crippen LogP contribution in [0.3, 0.4) is 0 Å². The van der Waals surface area contributed by atoms with Gasteiger partial charge in [0.05, 0.1) is 0 Å². The fraction of sp³-hybridized carbons (Fsp3) is 0.933. The molecule has 108 valence electrons. The van der Waals surface area contributed by atoms with E-state index in [1.54, 1.807) is 0 Å². The van der Waals surface area contributed by atoms with Crippen LogP contribution < -0.4 is 0 Å². The van der Waals surface area contributed by atoms with Crippen molar-refractivity contribution < 1.29 is 9.90 Å². The van der Waals surface area contributed by atoms with E-state index in [1.807, 2.05) is 0 Å². The number of hydrogen-bond acceptors (Lipinski definition) is 3. The van der Waals surface area contributed by atoms with Crippen LogP contribution in [0.5, 0.6) is 0 Å². The van der Waals surface area contributed by atoms with Crippen molar-refractivity contribution >= 4 is 5.91 Å². The Morgan fingerprint density at radius 1 is 1.16 bits per heavy atom.